The number of rotatable bonds is 5. The first-order valence-corrected chi connectivity index (χ1v) is 7.68. The molecule has 4 heterocycles. The van der Waals surface area contributed by atoms with Gasteiger partial charge in [-0.1, -0.05) is 5.21 Å². The molecule has 1 fully saturated rings. The Labute approximate surface area is 132 Å². The SMILES string of the molecule is c1cncc(-c2n[nH]c(CCn3cc([C@@H]4CCOC4)nn3)n2)c1. The summed E-state index contributed by atoms with van der Waals surface area (Å²) in [6.45, 7) is 2.27. The van der Waals surface area contributed by atoms with E-state index in [1.165, 1.54) is 0 Å². The van der Waals surface area contributed by atoms with Gasteiger partial charge in [0.1, 0.15) is 5.82 Å². The van der Waals surface area contributed by atoms with E-state index in [-0.39, 0.29) is 0 Å². The highest BCUT2D eigenvalue weighted by Crippen LogP contribution is 2.22. The van der Waals surface area contributed by atoms with Gasteiger partial charge < -0.3 is 4.74 Å². The predicted molar refractivity (Wildman–Crippen MR) is 81.5 cm³/mol. The highest BCUT2D eigenvalue weighted by atomic mass is 16.5. The van der Waals surface area contributed by atoms with Crippen LogP contribution in [0.25, 0.3) is 11.4 Å². The summed E-state index contributed by atoms with van der Waals surface area (Å²) in [5.41, 5.74) is 1.91. The summed E-state index contributed by atoms with van der Waals surface area (Å²) in [7, 11) is 0. The summed E-state index contributed by atoms with van der Waals surface area (Å²) in [4.78, 5) is 8.57. The second-order valence-corrected chi connectivity index (χ2v) is 5.56. The van der Waals surface area contributed by atoms with Crippen LogP contribution in [0, 0.1) is 0 Å². The molecule has 0 amide bonds. The minimum Gasteiger partial charge on any atom is -0.381 e. The topological polar surface area (TPSA) is 94.4 Å². The second kappa shape index (κ2) is 6.25. The molecule has 1 atom stereocenters. The molecule has 3 aromatic rings. The number of ether oxygens (including phenoxy) is 1. The average molecular weight is 311 g/mol. The molecular weight excluding hydrogens is 294 g/mol. The van der Waals surface area contributed by atoms with E-state index in [0.717, 1.165) is 43.1 Å². The van der Waals surface area contributed by atoms with Crippen LogP contribution in [0.1, 0.15) is 23.9 Å². The van der Waals surface area contributed by atoms with Gasteiger partial charge in [0.25, 0.3) is 0 Å². The number of aryl methyl sites for hydroxylation is 2. The number of H-pyrrole nitrogens is 1. The van der Waals surface area contributed by atoms with E-state index in [1.54, 1.807) is 12.4 Å². The Morgan fingerprint density at radius 3 is 3.22 bits per heavy atom. The second-order valence-electron chi connectivity index (χ2n) is 5.56. The molecule has 0 spiro atoms. The number of hydrogen-bond donors (Lipinski definition) is 1. The average Bonchev–Trinajstić information content (AvgIpc) is 3.33. The van der Waals surface area contributed by atoms with Crippen molar-refractivity contribution in [1.29, 1.82) is 0 Å². The summed E-state index contributed by atoms with van der Waals surface area (Å²) in [6, 6.07) is 3.81. The van der Waals surface area contributed by atoms with Gasteiger partial charge >= 0.3 is 0 Å². The molecule has 1 aliphatic rings. The zero-order valence-electron chi connectivity index (χ0n) is 12.6. The lowest BCUT2D eigenvalue weighted by Gasteiger charge is -2.00. The molecule has 118 valence electrons. The number of nitrogens with zero attached hydrogens (tertiary/aromatic N) is 6. The van der Waals surface area contributed by atoms with E-state index >= 15 is 0 Å². The highest BCUT2D eigenvalue weighted by molar-refractivity contribution is 5.52. The summed E-state index contributed by atoms with van der Waals surface area (Å²) in [6.07, 6.45) is 7.22. The van der Waals surface area contributed by atoms with Gasteiger partial charge in [0, 0.05) is 49.6 Å². The lowest BCUT2D eigenvalue weighted by atomic mass is 10.1. The quantitative estimate of drug-likeness (QED) is 0.761. The Hall–Kier alpha value is -2.61. The fraction of sp³-hybridized carbons (Fsp3) is 0.400. The Morgan fingerprint density at radius 2 is 2.39 bits per heavy atom. The molecule has 1 aliphatic heterocycles. The minimum atomic E-state index is 0.381. The van der Waals surface area contributed by atoms with Gasteiger partial charge in [-0.05, 0) is 18.6 Å². The Bertz CT molecular complexity index is 761. The molecule has 0 radical (unpaired) electrons. The highest BCUT2D eigenvalue weighted by Gasteiger charge is 2.20. The van der Waals surface area contributed by atoms with Crippen molar-refractivity contribution >= 4 is 0 Å². The fourth-order valence-corrected chi connectivity index (χ4v) is 2.63. The Morgan fingerprint density at radius 1 is 1.39 bits per heavy atom. The standard InChI is InChI=1S/C15H17N7O/c1-2-11(8-16-5-1)15-17-14(19-20-15)3-6-22-9-13(18-21-22)12-4-7-23-10-12/h1-2,5,8-9,12H,3-4,6-7,10H2,(H,17,19,20)/t12-/m1/s1. The van der Waals surface area contributed by atoms with Crippen molar-refractivity contribution in [3.63, 3.8) is 0 Å². The van der Waals surface area contributed by atoms with Gasteiger partial charge in [-0.15, -0.1) is 5.10 Å². The number of aromatic nitrogens is 7. The predicted octanol–water partition coefficient (Wildman–Crippen LogP) is 1.20. The van der Waals surface area contributed by atoms with Crippen molar-refractivity contribution in [3.8, 4) is 11.4 Å². The molecule has 0 aromatic carbocycles. The molecule has 4 rings (SSSR count). The van der Waals surface area contributed by atoms with Crippen LogP contribution >= 0.6 is 0 Å². The molecule has 8 nitrogen and oxygen atoms in total. The molecular formula is C15H17N7O. The third-order valence-corrected chi connectivity index (χ3v) is 3.93. The van der Waals surface area contributed by atoms with Crippen molar-refractivity contribution in [2.45, 2.75) is 25.3 Å². The van der Waals surface area contributed by atoms with E-state index in [1.807, 2.05) is 23.0 Å². The van der Waals surface area contributed by atoms with Crippen molar-refractivity contribution in [3.05, 3.63) is 42.2 Å². The first-order valence-electron chi connectivity index (χ1n) is 7.68. The lowest BCUT2D eigenvalue weighted by molar-refractivity contribution is 0.193. The minimum absolute atomic E-state index is 0.381. The van der Waals surface area contributed by atoms with Crippen LogP contribution in [0.5, 0.6) is 0 Å². The molecule has 0 aliphatic carbocycles. The molecule has 3 aromatic heterocycles. The molecule has 8 heteroatoms. The first kappa shape index (κ1) is 14.0. The van der Waals surface area contributed by atoms with Gasteiger partial charge in [-0.25, -0.2) is 4.98 Å². The molecule has 1 saturated heterocycles. The van der Waals surface area contributed by atoms with Gasteiger partial charge in [0.15, 0.2) is 5.82 Å². The van der Waals surface area contributed by atoms with Crippen molar-refractivity contribution in [2.24, 2.45) is 0 Å². The van der Waals surface area contributed by atoms with Crippen LogP contribution in [-0.2, 0) is 17.7 Å². The van der Waals surface area contributed by atoms with Crippen molar-refractivity contribution < 1.29 is 4.74 Å². The summed E-state index contributed by atoms with van der Waals surface area (Å²) >= 11 is 0. The maximum absolute atomic E-state index is 5.39. The molecule has 0 bridgehead atoms. The van der Waals surface area contributed by atoms with Crippen LogP contribution in [0.4, 0.5) is 0 Å². The normalized spacial score (nSPS) is 17.7. The smallest absolute Gasteiger partial charge is 0.182 e. The maximum Gasteiger partial charge on any atom is 0.182 e. The monoisotopic (exact) mass is 311 g/mol. The number of hydrogen-bond acceptors (Lipinski definition) is 6. The Balaban J connectivity index is 1.39. The molecule has 0 unspecified atom stereocenters. The zero-order chi connectivity index (χ0) is 15.5. The van der Waals surface area contributed by atoms with E-state index in [4.69, 9.17) is 4.74 Å². The molecule has 1 N–H and O–H groups in total. The third-order valence-electron chi connectivity index (χ3n) is 3.93. The van der Waals surface area contributed by atoms with Crippen molar-refractivity contribution in [1.82, 2.24) is 35.2 Å². The summed E-state index contributed by atoms with van der Waals surface area (Å²) in [5.74, 6) is 1.87. The lowest BCUT2D eigenvalue weighted by Crippen LogP contribution is -2.03. The first-order chi connectivity index (χ1) is 11.4. The third kappa shape index (κ3) is 3.11. The van der Waals surface area contributed by atoms with Gasteiger partial charge in [0.05, 0.1) is 12.3 Å². The Kier molecular flexibility index (Phi) is 3.81. The summed E-state index contributed by atoms with van der Waals surface area (Å²) in [5, 5.41) is 15.6. The van der Waals surface area contributed by atoms with Gasteiger partial charge in [0.2, 0.25) is 0 Å². The zero-order valence-corrected chi connectivity index (χ0v) is 12.6. The van der Waals surface area contributed by atoms with Crippen LogP contribution in [0.2, 0.25) is 0 Å². The summed E-state index contributed by atoms with van der Waals surface area (Å²) < 4.78 is 7.24. The van der Waals surface area contributed by atoms with Gasteiger partial charge in [-0.2, -0.15) is 5.10 Å². The van der Waals surface area contributed by atoms with Gasteiger partial charge in [-0.3, -0.25) is 14.8 Å². The molecule has 23 heavy (non-hydrogen) atoms. The van der Waals surface area contributed by atoms with E-state index < -0.39 is 0 Å². The largest absolute Gasteiger partial charge is 0.381 e. The van der Waals surface area contributed by atoms with E-state index in [9.17, 15) is 0 Å². The van der Waals surface area contributed by atoms with Crippen LogP contribution in [0.15, 0.2) is 30.7 Å². The van der Waals surface area contributed by atoms with Crippen molar-refractivity contribution in [2.75, 3.05) is 13.2 Å². The van der Waals surface area contributed by atoms with E-state index in [2.05, 4.69) is 30.5 Å². The van der Waals surface area contributed by atoms with E-state index in [0.29, 0.717) is 18.3 Å². The maximum atomic E-state index is 5.39. The number of nitrogens with one attached hydrogen (secondary N) is 1. The number of aromatic amines is 1. The molecule has 0 saturated carbocycles. The van der Waals surface area contributed by atoms with Crippen LogP contribution < -0.4 is 0 Å². The van der Waals surface area contributed by atoms with Crippen LogP contribution in [0.3, 0.4) is 0 Å². The number of pyridine rings is 1. The van der Waals surface area contributed by atoms with Crippen LogP contribution in [-0.4, -0.2) is 48.4 Å². The fourth-order valence-electron chi connectivity index (χ4n) is 2.63.